The van der Waals surface area contributed by atoms with Gasteiger partial charge in [-0.3, -0.25) is 14.4 Å². The molecule has 11 heteroatoms. The van der Waals surface area contributed by atoms with Crippen molar-refractivity contribution in [2.75, 3.05) is 35.4 Å². The first kappa shape index (κ1) is 21.9. The molecule has 2 aliphatic heterocycles. The molecule has 0 aliphatic carbocycles. The lowest BCUT2D eigenvalue weighted by Gasteiger charge is -2.17. The first-order valence-electron chi connectivity index (χ1n) is 9.38. The van der Waals surface area contributed by atoms with Gasteiger partial charge in [0, 0.05) is 9.79 Å². The lowest BCUT2D eigenvalue weighted by molar-refractivity contribution is -0.125. The third-order valence-electron chi connectivity index (χ3n) is 4.42. The number of benzene rings is 2. The van der Waals surface area contributed by atoms with E-state index in [1.54, 1.807) is 24.3 Å². The molecule has 0 atom stereocenters. The Labute approximate surface area is 190 Å². The second kappa shape index (κ2) is 9.45. The highest BCUT2D eigenvalue weighted by molar-refractivity contribution is 8.00. The van der Waals surface area contributed by atoms with Crippen LogP contribution in [-0.4, -0.2) is 54.3 Å². The summed E-state index contributed by atoms with van der Waals surface area (Å²) in [5.41, 5.74) is 1.40. The number of esters is 2. The first-order chi connectivity index (χ1) is 15.4. The quantitative estimate of drug-likeness (QED) is 0.609. The van der Waals surface area contributed by atoms with Crippen LogP contribution in [0.1, 0.15) is 20.7 Å². The van der Waals surface area contributed by atoms with E-state index in [0.29, 0.717) is 22.9 Å². The number of hydrogen-bond donors (Lipinski definition) is 2. The SMILES string of the molecule is O=C(COC(=O)c1ccc2c(c1)NC(=O)CS2)COC(=O)c1ccc2c(c1)NC(=O)CS2. The molecule has 2 amide bonds. The van der Waals surface area contributed by atoms with Gasteiger partial charge in [0.1, 0.15) is 0 Å². The maximum absolute atomic E-state index is 12.2. The average molecular weight is 473 g/mol. The topological polar surface area (TPSA) is 128 Å². The fourth-order valence-electron chi connectivity index (χ4n) is 2.92. The van der Waals surface area contributed by atoms with Gasteiger partial charge in [-0.25, -0.2) is 9.59 Å². The van der Waals surface area contributed by atoms with Gasteiger partial charge in [0.15, 0.2) is 13.2 Å². The van der Waals surface area contributed by atoms with Crippen molar-refractivity contribution in [2.45, 2.75) is 9.79 Å². The maximum atomic E-state index is 12.2. The Hall–Kier alpha value is -3.31. The predicted octanol–water partition coefficient (Wildman–Crippen LogP) is 2.36. The number of thioether (sulfide) groups is 2. The summed E-state index contributed by atoms with van der Waals surface area (Å²) >= 11 is 2.72. The predicted molar refractivity (Wildman–Crippen MR) is 117 cm³/mol. The summed E-state index contributed by atoms with van der Waals surface area (Å²) in [6.07, 6.45) is 0. The molecule has 2 N–H and O–H groups in total. The van der Waals surface area contributed by atoms with Crippen LogP contribution >= 0.6 is 23.5 Å². The molecule has 0 fully saturated rings. The summed E-state index contributed by atoms with van der Waals surface area (Å²) in [6.45, 7) is -1.14. The van der Waals surface area contributed by atoms with Crippen molar-refractivity contribution >= 4 is 64.4 Å². The normalized spacial score (nSPS) is 14.4. The van der Waals surface area contributed by atoms with Gasteiger partial charge in [0.25, 0.3) is 0 Å². The molecule has 0 bridgehead atoms. The fourth-order valence-corrected chi connectivity index (χ4v) is 4.50. The van der Waals surface area contributed by atoms with Crippen LogP contribution in [0.5, 0.6) is 0 Å². The summed E-state index contributed by atoms with van der Waals surface area (Å²) in [4.78, 5) is 61.0. The number of carbonyl (C=O) groups is 5. The molecule has 32 heavy (non-hydrogen) atoms. The van der Waals surface area contributed by atoms with Crippen LogP contribution in [0.3, 0.4) is 0 Å². The Morgan fingerprint density at radius 3 is 1.62 bits per heavy atom. The summed E-state index contributed by atoms with van der Waals surface area (Å²) in [5.74, 6) is -1.78. The second-order valence-corrected chi connectivity index (χ2v) is 8.82. The van der Waals surface area contributed by atoms with Gasteiger partial charge in [-0.15, -0.1) is 23.5 Å². The van der Waals surface area contributed by atoms with Crippen molar-refractivity contribution in [1.82, 2.24) is 0 Å². The molecule has 2 aromatic rings. The zero-order valence-electron chi connectivity index (χ0n) is 16.5. The van der Waals surface area contributed by atoms with Crippen molar-refractivity contribution < 1.29 is 33.4 Å². The molecule has 0 saturated heterocycles. The summed E-state index contributed by atoms with van der Waals surface area (Å²) in [7, 11) is 0. The molecule has 9 nitrogen and oxygen atoms in total. The van der Waals surface area contributed by atoms with Crippen LogP contribution in [0.2, 0.25) is 0 Å². The molecule has 0 aromatic heterocycles. The number of rotatable bonds is 6. The van der Waals surface area contributed by atoms with Gasteiger partial charge in [0.05, 0.1) is 34.0 Å². The highest BCUT2D eigenvalue weighted by Crippen LogP contribution is 2.33. The molecule has 2 heterocycles. The Morgan fingerprint density at radius 2 is 1.19 bits per heavy atom. The van der Waals surface area contributed by atoms with Gasteiger partial charge in [-0.05, 0) is 36.4 Å². The Balaban J connectivity index is 1.27. The smallest absolute Gasteiger partial charge is 0.338 e. The number of anilines is 2. The van der Waals surface area contributed by atoms with Crippen LogP contribution in [0, 0.1) is 0 Å². The van der Waals surface area contributed by atoms with E-state index < -0.39 is 30.9 Å². The minimum Gasteiger partial charge on any atom is -0.454 e. The molecule has 2 aromatic carbocycles. The molecule has 0 radical (unpaired) electrons. The number of ketones is 1. The number of nitrogens with one attached hydrogen (secondary N) is 2. The van der Waals surface area contributed by atoms with E-state index in [9.17, 15) is 24.0 Å². The lowest BCUT2D eigenvalue weighted by atomic mass is 10.2. The molecule has 0 saturated carbocycles. The van der Waals surface area contributed by atoms with Crippen LogP contribution < -0.4 is 10.6 Å². The van der Waals surface area contributed by atoms with Gasteiger partial charge in [0.2, 0.25) is 17.6 Å². The van der Waals surface area contributed by atoms with E-state index in [-0.39, 0.29) is 22.9 Å². The molecular formula is C21H16N2O7S2. The van der Waals surface area contributed by atoms with Gasteiger partial charge in [-0.2, -0.15) is 0 Å². The minimum absolute atomic E-state index is 0.162. The number of hydrogen-bond acceptors (Lipinski definition) is 9. The fraction of sp³-hybridized carbons (Fsp3) is 0.190. The van der Waals surface area contributed by atoms with Crippen LogP contribution in [-0.2, 0) is 23.9 Å². The van der Waals surface area contributed by atoms with E-state index in [1.165, 1.54) is 35.7 Å². The van der Waals surface area contributed by atoms with Crippen molar-refractivity contribution in [3.8, 4) is 0 Å². The van der Waals surface area contributed by atoms with Crippen LogP contribution in [0.25, 0.3) is 0 Å². The first-order valence-corrected chi connectivity index (χ1v) is 11.4. The van der Waals surface area contributed by atoms with E-state index in [4.69, 9.17) is 9.47 Å². The highest BCUT2D eigenvalue weighted by Gasteiger charge is 2.20. The van der Waals surface area contributed by atoms with Gasteiger partial charge >= 0.3 is 11.9 Å². The van der Waals surface area contributed by atoms with Crippen molar-refractivity contribution in [1.29, 1.82) is 0 Å². The van der Waals surface area contributed by atoms with Crippen molar-refractivity contribution in [2.24, 2.45) is 0 Å². The summed E-state index contributed by atoms with van der Waals surface area (Å²) < 4.78 is 9.96. The number of Topliss-reactive ketones (excluding diaryl/α,β-unsaturated/α-hetero) is 1. The molecule has 4 rings (SSSR count). The largest absolute Gasteiger partial charge is 0.454 e. The monoisotopic (exact) mass is 472 g/mol. The van der Waals surface area contributed by atoms with Crippen molar-refractivity contribution in [3.63, 3.8) is 0 Å². The standard InChI is InChI=1S/C21H16N2O7S2/c24-13(7-29-20(27)11-1-3-16-14(5-11)22-18(25)9-31-16)8-30-21(28)12-2-4-17-15(6-12)23-19(26)10-32-17/h1-6H,7-10H2,(H,22,25)(H,23,26). The Bertz CT molecular complexity index is 1060. The summed E-state index contributed by atoms with van der Waals surface area (Å²) in [6, 6.07) is 9.45. The molecule has 0 unspecified atom stereocenters. The van der Waals surface area contributed by atoms with Gasteiger partial charge in [-0.1, -0.05) is 0 Å². The Kier molecular flexibility index (Phi) is 6.47. The van der Waals surface area contributed by atoms with E-state index in [0.717, 1.165) is 9.79 Å². The molecular weight excluding hydrogens is 456 g/mol. The van der Waals surface area contributed by atoms with Crippen LogP contribution in [0.15, 0.2) is 46.2 Å². The third kappa shape index (κ3) is 5.11. The maximum Gasteiger partial charge on any atom is 0.338 e. The highest BCUT2D eigenvalue weighted by atomic mass is 32.2. The minimum atomic E-state index is -0.736. The molecule has 2 aliphatic rings. The van der Waals surface area contributed by atoms with Crippen molar-refractivity contribution in [3.05, 3.63) is 47.5 Å². The van der Waals surface area contributed by atoms with Crippen LogP contribution in [0.4, 0.5) is 11.4 Å². The number of carbonyl (C=O) groups excluding carboxylic acids is 5. The zero-order valence-corrected chi connectivity index (χ0v) is 18.1. The molecule has 164 valence electrons. The second-order valence-electron chi connectivity index (χ2n) is 6.79. The number of ether oxygens (including phenoxy) is 2. The van der Waals surface area contributed by atoms with E-state index >= 15 is 0 Å². The summed E-state index contributed by atoms with van der Waals surface area (Å²) in [5, 5.41) is 5.35. The zero-order chi connectivity index (χ0) is 22.7. The lowest BCUT2D eigenvalue weighted by Crippen LogP contribution is -2.22. The Morgan fingerprint density at radius 1 is 0.750 bits per heavy atom. The average Bonchev–Trinajstić information content (AvgIpc) is 2.79. The van der Waals surface area contributed by atoms with Gasteiger partial charge < -0.3 is 20.1 Å². The number of fused-ring (bicyclic) bond motifs is 2. The third-order valence-corrected chi connectivity index (χ3v) is 6.57. The number of amides is 2. The van der Waals surface area contributed by atoms with E-state index in [2.05, 4.69) is 10.6 Å². The van der Waals surface area contributed by atoms with E-state index in [1.807, 2.05) is 0 Å². The molecule has 0 spiro atoms.